The van der Waals surface area contributed by atoms with Crippen LogP contribution in [0.25, 0.3) is 0 Å². The van der Waals surface area contributed by atoms with E-state index in [1.807, 2.05) is 6.92 Å². The van der Waals surface area contributed by atoms with Crippen molar-refractivity contribution in [2.45, 2.75) is 19.5 Å². The second-order valence-electron chi connectivity index (χ2n) is 4.70. The van der Waals surface area contributed by atoms with E-state index in [1.165, 1.54) is 12.1 Å². The molecule has 1 aromatic carbocycles. The van der Waals surface area contributed by atoms with Crippen molar-refractivity contribution >= 4 is 0 Å². The van der Waals surface area contributed by atoms with Crippen LogP contribution in [0.4, 0.5) is 13.2 Å². The molecule has 0 saturated heterocycles. The van der Waals surface area contributed by atoms with Gasteiger partial charge in [-0.1, -0.05) is 25.1 Å². The number of nitrogens with one attached hydrogen (secondary N) is 1. The molecule has 2 nitrogen and oxygen atoms in total. The van der Waals surface area contributed by atoms with Gasteiger partial charge in [0.05, 0.1) is 12.2 Å². The molecule has 0 aliphatic carbocycles. The number of rotatable bonds is 7. The van der Waals surface area contributed by atoms with Crippen LogP contribution in [-0.4, -0.2) is 26.8 Å². The Morgan fingerprint density at radius 2 is 2.05 bits per heavy atom. The molecule has 0 spiro atoms. The van der Waals surface area contributed by atoms with Gasteiger partial charge in [0.1, 0.15) is 0 Å². The number of halogens is 3. The third kappa shape index (κ3) is 6.07. The van der Waals surface area contributed by atoms with E-state index in [1.54, 1.807) is 13.2 Å². The third-order valence-corrected chi connectivity index (χ3v) is 2.81. The minimum Gasteiger partial charge on any atom is -0.383 e. The van der Waals surface area contributed by atoms with E-state index in [4.69, 9.17) is 4.74 Å². The number of benzene rings is 1. The van der Waals surface area contributed by atoms with Crippen LogP contribution in [0.5, 0.6) is 0 Å². The molecule has 1 unspecified atom stereocenters. The normalized spacial score (nSPS) is 13.5. The van der Waals surface area contributed by atoms with Gasteiger partial charge in [-0.15, -0.1) is 0 Å². The predicted molar refractivity (Wildman–Crippen MR) is 69.1 cm³/mol. The molecule has 108 valence electrons. The maximum atomic E-state index is 12.6. The number of hydrogen-bond acceptors (Lipinski definition) is 2. The highest BCUT2D eigenvalue weighted by Gasteiger charge is 2.30. The Kier molecular flexibility index (Phi) is 6.31. The zero-order valence-corrected chi connectivity index (χ0v) is 11.3. The Balaban J connectivity index is 2.48. The predicted octanol–water partition coefficient (Wildman–Crippen LogP) is 3.12. The molecular weight excluding hydrogens is 255 g/mol. The first kappa shape index (κ1) is 16.0. The molecule has 5 heteroatoms. The summed E-state index contributed by atoms with van der Waals surface area (Å²) in [7, 11) is 1.63. The fourth-order valence-corrected chi connectivity index (χ4v) is 1.87. The van der Waals surface area contributed by atoms with Crippen molar-refractivity contribution in [2.75, 3.05) is 26.8 Å². The van der Waals surface area contributed by atoms with Crippen LogP contribution < -0.4 is 5.32 Å². The Bertz CT molecular complexity index is 379. The number of alkyl halides is 3. The van der Waals surface area contributed by atoms with Gasteiger partial charge >= 0.3 is 6.18 Å². The lowest BCUT2D eigenvalue weighted by molar-refractivity contribution is -0.137. The molecule has 0 aliphatic rings. The van der Waals surface area contributed by atoms with Crippen LogP contribution in [0, 0.1) is 5.92 Å². The van der Waals surface area contributed by atoms with Crippen LogP contribution in [0.2, 0.25) is 0 Å². The SMILES string of the molecule is COCCNCC(C)Cc1cccc(C(F)(F)F)c1. The summed E-state index contributed by atoms with van der Waals surface area (Å²) in [5.74, 6) is 0.278. The van der Waals surface area contributed by atoms with Gasteiger partial charge in [-0.3, -0.25) is 0 Å². The molecule has 0 saturated carbocycles. The fourth-order valence-electron chi connectivity index (χ4n) is 1.87. The van der Waals surface area contributed by atoms with Gasteiger partial charge in [0.15, 0.2) is 0 Å². The summed E-state index contributed by atoms with van der Waals surface area (Å²) >= 11 is 0. The van der Waals surface area contributed by atoms with Gasteiger partial charge in [-0.2, -0.15) is 13.2 Å². The summed E-state index contributed by atoms with van der Waals surface area (Å²) in [6.07, 6.45) is -3.64. The molecule has 0 aromatic heterocycles. The van der Waals surface area contributed by atoms with Crippen LogP contribution in [0.3, 0.4) is 0 Å². The van der Waals surface area contributed by atoms with E-state index in [-0.39, 0.29) is 5.92 Å². The third-order valence-electron chi connectivity index (χ3n) is 2.81. The maximum Gasteiger partial charge on any atom is 0.416 e. The van der Waals surface area contributed by atoms with E-state index in [0.717, 1.165) is 24.7 Å². The van der Waals surface area contributed by atoms with Crippen molar-refractivity contribution in [3.63, 3.8) is 0 Å². The lowest BCUT2D eigenvalue weighted by Gasteiger charge is -2.14. The van der Waals surface area contributed by atoms with Gasteiger partial charge in [-0.05, 0) is 30.5 Å². The molecule has 1 rings (SSSR count). The van der Waals surface area contributed by atoms with E-state index in [0.29, 0.717) is 13.0 Å². The molecule has 0 amide bonds. The lowest BCUT2D eigenvalue weighted by Crippen LogP contribution is -2.25. The highest BCUT2D eigenvalue weighted by molar-refractivity contribution is 5.25. The largest absolute Gasteiger partial charge is 0.416 e. The summed E-state index contributed by atoms with van der Waals surface area (Å²) < 4.78 is 42.6. The van der Waals surface area contributed by atoms with Gasteiger partial charge in [0.25, 0.3) is 0 Å². The summed E-state index contributed by atoms with van der Waals surface area (Å²) in [4.78, 5) is 0. The van der Waals surface area contributed by atoms with Crippen molar-refractivity contribution in [1.29, 1.82) is 0 Å². The minimum absolute atomic E-state index is 0.278. The maximum absolute atomic E-state index is 12.6. The Morgan fingerprint density at radius 3 is 2.68 bits per heavy atom. The first-order chi connectivity index (χ1) is 8.93. The first-order valence-corrected chi connectivity index (χ1v) is 6.29. The average Bonchev–Trinajstić information content (AvgIpc) is 2.34. The van der Waals surface area contributed by atoms with Gasteiger partial charge in [0.2, 0.25) is 0 Å². The van der Waals surface area contributed by atoms with Crippen molar-refractivity contribution in [3.8, 4) is 0 Å². The van der Waals surface area contributed by atoms with Crippen molar-refractivity contribution < 1.29 is 17.9 Å². The highest BCUT2D eigenvalue weighted by atomic mass is 19.4. The standard InChI is InChI=1S/C14H20F3NO/c1-11(10-18-6-7-19-2)8-12-4-3-5-13(9-12)14(15,16)17/h3-5,9,11,18H,6-8,10H2,1-2H3. The molecule has 0 radical (unpaired) electrons. The number of methoxy groups -OCH3 is 1. The van der Waals surface area contributed by atoms with Gasteiger partial charge < -0.3 is 10.1 Å². The quantitative estimate of drug-likeness (QED) is 0.772. The van der Waals surface area contributed by atoms with E-state index in [2.05, 4.69) is 5.32 Å². The smallest absolute Gasteiger partial charge is 0.383 e. The van der Waals surface area contributed by atoms with Crippen LogP contribution in [-0.2, 0) is 17.3 Å². The van der Waals surface area contributed by atoms with Crippen molar-refractivity contribution in [3.05, 3.63) is 35.4 Å². The molecule has 0 bridgehead atoms. The topological polar surface area (TPSA) is 21.3 Å². The number of hydrogen-bond donors (Lipinski definition) is 1. The van der Waals surface area contributed by atoms with Gasteiger partial charge in [0, 0.05) is 13.7 Å². The molecule has 0 aliphatic heterocycles. The Morgan fingerprint density at radius 1 is 1.32 bits per heavy atom. The van der Waals surface area contributed by atoms with E-state index < -0.39 is 11.7 Å². The molecular formula is C14H20F3NO. The fraction of sp³-hybridized carbons (Fsp3) is 0.571. The summed E-state index contributed by atoms with van der Waals surface area (Å²) in [6, 6.07) is 5.53. The van der Waals surface area contributed by atoms with Crippen molar-refractivity contribution in [1.82, 2.24) is 5.32 Å². The van der Waals surface area contributed by atoms with Crippen LogP contribution in [0.15, 0.2) is 24.3 Å². The lowest BCUT2D eigenvalue weighted by atomic mass is 9.99. The molecule has 1 aromatic rings. The summed E-state index contributed by atoms with van der Waals surface area (Å²) in [5, 5.41) is 3.20. The zero-order valence-electron chi connectivity index (χ0n) is 11.3. The monoisotopic (exact) mass is 275 g/mol. The van der Waals surface area contributed by atoms with E-state index >= 15 is 0 Å². The average molecular weight is 275 g/mol. The van der Waals surface area contributed by atoms with Gasteiger partial charge in [-0.25, -0.2) is 0 Å². The summed E-state index contributed by atoms with van der Waals surface area (Å²) in [6.45, 7) is 4.17. The Hall–Kier alpha value is -1.07. The molecule has 1 N–H and O–H groups in total. The van der Waals surface area contributed by atoms with E-state index in [9.17, 15) is 13.2 Å². The minimum atomic E-state index is -4.27. The second kappa shape index (κ2) is 7.50. The zero-order chi connectivity index (χ0) is 14.3. The number of ether oxygens (including phenoxy) is 1. The molecule has 19 heavy (non-hydrogen) atoms. The first-order valence-electron chi connectivity index (χ1n) is 6.29. The van der Waals surface area contributed by atoms with Crippen LogP contribution in [0.1, 0.15) is 18.1 Å². The molecule has 0 heterocycles. The van der Waals surface area contributed by atoms with Crippen molar-refractivity contribution in [2.24, 2.45) is 5.92 Å². The molecule has 1 atom stereocenters. The summed E-state index contributed by atoms with van der Waals surface area (Å²) in [5.41, 5.74) is 0.139. The second-order valence-corrected chi connectivity index (χ2v) is 4.70. The molecule has 0 fully saturated rings. The van der Waals surface area contributed by atoms with Crippen LogP contribution >= 0.6 is 0 Å². The highest BCUT2D eigenvalue weighted by Crippen LogP contribution is 2.29. The Labute approximate surface area is 112 Å².